The van der Waals surface area contributed by atoms with E-state index in [1.165, 1.54) is 12.5 Å². The predicted molar refractivity (Wildman–Crippen MR) is 240 cm³/mol. The Balaban J connectivity index is 1.19. The molecule has 0 radical (unpaired) electrons. The molecule has 2 bridgehead atoms. The van der Waals surface area contributed by atoms with Crippen LogP contribution < -0.4 is 0 Å². The first kappa shape index (κ1) is 50.3. The number of fused-ring (bicyclic) bond motifs is 2. The van der Waals surface area contributed by atoms with Crippen molar-refractivity contribution in [3.05, 3.63) is 59.8 Å². The number of aliphatic hydroxyl groups is 2. The fraction of sp³-hybridized carbons (Fsp3) is 0.765. The molecule has 14 heteroatoms. The van der Waals surface area contributed by atoms with Crippen molar-refractivity contribution in [3.8, 4) is 0 Å². The molecule has 5 heterocycles. The lowest BCUT2D eigenvalue weighted by Gasteiger charge is -2.46. The third-order valence-electron chi connectivity index (χ3n) is 15.0. The minimum absolute atomic E-state index is 0.0349. The molecule has 1 saturated carbocycles. The van der Waals surface area contributed by atoms with Crippen LogP contribution in [0.15, 0.2) is 59.8 Å². The molecule has 0 aromatic carbocycles. The highest BCUT2D eigenvalue weighted by atomic mass is 16.7. The molecular formula is C51H76O14. The van der Waals surface area contributed by atoms with Gasteiger partial charge in [-0.1, -0.05) is 77.0 Å². The third-order valence-corrected chi connectivity index (χ3v) is 15.0. The molecule has 0 spiro atoms. The van der Waals surface area contributed by atoms with E-state index in [0.29, 0.717) is 42.7 Å². The van der Waals surface area contributed by atoms with Gasteiger partial charge in [0.2, 0.25) is 0 Å². The summed E-state index contributed by atoms with van der Waals surface area (Å²) in [6.07, 6.45) is 11.2. The Kier molecular flexibility index (Phi) is 16.5. The van der Waals surface area contributed by atoms with Gasteiger partial charge in [0, 0.05) is 45.8 Å². The van der Waals surface area contributed by atoms with Crippen molar-refractivity contribution in [3.63, 3.8) is 0 Å². The van der Waals surface area contributed by atoms with E-state index in [1.54, 1.807) is 40.2 Å². The molecule has 7 aliphatic rings. The van der Waals surface area contributed by atoms with Gasteiger partial charge in [-0.3, -0.25) is 9.59 Å². The smallest absolute Gasteiger partial charge is 0.316 e. The fourth-order valence-corrected chi connectivity index (χ4v) is 11.3. The number of aliphatic hydroxyl groups excluding tert-OH is 1. The maximum absolute atomic E-state index is 14.4. The van der Waals surface area contributed by atoms with Crippen LogP contribution in [0.5, 0.6) is 0 Å². The summed E-state index contributed by atoms with van der Waals surface area (Å²) in [5.74, 6) is -3.09. The largest absolute Gasteiger partial charge is 0.462 e. The van der Waals surface area contributed by atoms with Gasteiger partial charge in [0.15, 0.2) is 30.3 Å². The second kappa shape index (κ2) is 21.4. The molecule has 3 unspecified atom stereocenters. The molecule has 364 valence electrons. The third kappa shape index (κ3) is 10.8. The molecule has 0 aromatic heterocycles. The summed E-state index contributed by atoms with van der Waals surface area (Å²) in [6, 6.07) is 0. The van der Waals surface area contributed by atoms with Crippen LogP contribution in [0.25, 0.3) is 0 Å². The molecule has 0 amide bonds. The molecule has 5 aliphatic heterocycles. The number of hydrogen-bond acceptors (Lipinski definition) is 14. The number of hydrogen-bond donors (Lipinski definition) is 2. The average Bonchev–Trinajstić information content (AvgIpc) is 3.62. The first-order chi connectivity index (χ1) is 31.0. The van der Waals surface area contributed by atoms with Gasteiger partial charge < -0.3 is 57.6 Å². The summed E-state index contributed by atoms with van der Waals surface area (Å²) < 4.78 is 64.0. The minimum atomic E-state index is -1.95. The first-order valence-electron chi connectivity index (χ1n) is 24.2. The molecule has 4 saturated heterocycles. The summed E-state index contributed by atoms with van der Waals surface area (Å²) in [7, 11) is 3.21. The maximum Gasteiger partial charge on any atom is 0.316 e. The van der Waals surface area contributed by atoms with E-state index in [2.05, 4.69) is 33.4 Å². The van der Waals surface area contributed by atoms with Gasteiger partial charge >= 0.3 is 5.97 Å². The number of methoxy groups -OCH3 is 2. The summed E-state index contributed by atoms with van der Waals surface area (Å²) in [4.78, 5) is 27.9. The minimum Gasteiger partial charge on any atom is -0.462 e. The molecule has 65 heavy (non-hydrogen) atoms. The Morgan fingerprint density at radius 3 is 2.31 bits per heavy atom. The lowest BCUT2D eigenvalue weighted by molar-refractivity contribution is -0.318. The second-order valence-electron chi connectivity index (χ2n) is 20.0. The van der Waals surface area contributed by atoms with Crippen molar-refractivity contribution in [2.24, 2.45) is 23.7 Å². The van der Waals surface area contributed by atoms with Gasteiger partial charge in [0.25, 0.3) is 0 Å². The Morgan fingerprint density at radius 1 is 0.923 bits per heavy atom. The zero-order valence-corrected chi connectivity index (χ0v) is 40.1. The van der Waals surface area contributed by atoms with Crippen LogP contribution in [-0.2, 0) is 57.0 Å². The molecule has 7 rings (SSSR count). The van der Waals surface area contributed by atoms with Crippen LogP contribution >= 0.6 is 0 Å². The zero-order valence-electron chi connectivity index (χ0n) is 40.1. The van der Waals surface area contributed by atoms with E-state index >= 15 is 0 Å². The van der Waals surface area contributed by atoms with Gasteiger partial charge in [-0.05, 0) is 81.6 Å². The Bertz CT molecular complexity index is 1800. The Morgan fingerprint density at radius 2 is 1.62 bits per heavy atom. The van der Waals surface area contributed by atoms with Crippen molar-refractivity contribution in [2.45, 2.75) is 204 Å². The van der Waals surface area contributed by atoms with Gasteiger partial charge in [-0.2, -0.15) is 0 Å². The van der Waals surface area contributed by atoms with Crippen molar-refractivity contribution < 1.29 is 67.2 Å². The summed E-state index contributed by atoms with van der Waals surface area (Å²) in [5, 5.41) is 23.1. The standard InChI is InChI=1S/C51H76O14/c1-11-50(65-45(28(2)3)34-17-13-12-14-18-34)26-37-23-36(64-50)21-20-30(5)46(29(4)16-15-19-35-27-58-48-43(52)31(6)22-38(49(54)61-37)51(35,48)55)62-42-25-40(57-10)47(33(8)60-42)63-41-24-39(56-9)44(53)32(7)59-41/h11,15-16,19-20,22,28-29,32-34,36-42,44-48,53,55H,1,12-14,17-18,21,23-27H2,2-10H3/b16-15+,30-20+,35-19+/t29-,32-,33-,36+,37?,38?,39-,40-,41-,42-,44?,45-,46-,47-,48+,50+,51+/m0/s1. The van der Waals surface area contributed by atoms with E-state index in [-0.39, 0.29) is 36.8 Å². The summed E-state index contributed by atoms with van der Waals surface area (Å²) >= 11 is 0. The highest BCUT2D eigenvalue weighted by Crippen LogP contribution is 2.46. The van der Waals surface area contributed by atoms with Crippen molar-refractivity contribution in [1.29, 1.82) is 0 Å². The molecule has 2 N–H and O–H groups in total. The van der Waals surface area contributed by atoms with Crippen LogP contribution in [0, 0.1) is 23.7 Å². The number of ether oxygens (including phenoxy) is 10. The van der Waals surface area contributed by atoms with Gasteiger partial charge in [-0.25, -0.2) is 0 Å². The number of carbonyl (C=O) groups is 2. The molecule has 14 nitrogen and oxygen atoms in total. The zero-order chi connectivity index (χ0) is 46.8. The topological polar surface area (TPSA) is 167 Å². The Hall–Kier alpha value is -2.60. The van der Waals surface area contributed by atoms with Gasteiger partial charge in [0.1, 0.15) is 29.8 Å². The normalized spacial score (nSPS) is 44.8. The monoisotopic (exact) mass is 913 g/mol. The predicted octanol–water partition coefficient (Wildman–Crippen LogP) is 6.76. The quantitative estimate of drug-likeness (QED) is 0.165. The van der Waals surface area contributed by atoms with Gasteiger partial charge in [0.05, 0.1) is 49.3 Å². The highest BCUT2D eigenvalue weighted by Gasteiger charge is 2.60. The van der Waals surface area contributed by atoms with Crippen LogP contribution in [0.4, 0.5) is 0 Å². The van der Waals surface area contributed by atoms with Crippen LogP contribution in [-0.4, -0.2) is 134 Å². The summed E-state index contributed by atoms with van der Waals surface area (Å²) in [5.41, 5.74) is -0.262. The lowest BCUT2D eigenvalue weighted by Crippen LogP contribution is -2.56. The molecule has 17 atom stereocenters. The van der Waals surface area contributed by atoms with E-state index in [4.69, 9.17) is 47.4 Å². The average molecular weight is 913 g/mol. The van der Waals surface area contributed by atoms with E-state index in [9.17, 15) is 19.8 Å². The van der Waals surface area contributed by atoms with E-state index < -0.39 is 96.9 Å². The molecule has 0 aromatic rings. The first-order valence-corrected chi connectivity index (χ1v) is 24.2. The maximum atomic E-state index is 14.4. The molecule has 2 aliphatic carbocycles. The van der Waals surface area contributed by atoms with Gasteiger partial charge in [-0.15, -0.1) is 0 Å². The van der Waals surface area contributed by atoms with Crippen molar-refractivity contribution in [2.75, 3.05) is 20.8 Å². The lowest BCUT2D eigenvalue weighted by atomic mass is 9.71. The molecular weight excluding hydrogens is 837 g/mol. The van der Waals surface area contributed by atoms with Crippen LogP contribution in [0.2, 0.25) is 0 Å². The van der Waals surface area contributed by atoms with E-state index in [1.807, 2.05) is 26.0 Å². The van der Waals surface area contributed by atoms with Crippen molar-refractivity contribution in [1.82, 2.24) is 0 Å². The Labute approximate surface area is 386 Å². The van der Waals surface area contributed by atoms with Crippen LogP contribution in [0.1, 0.15) is 113 Å². The number of Topliss-reactive ketones (excluding diaryl/α,β-unsaturated/α-hetero) is 1. The second-order valence-corrected chi connectivity index (χ2v) is 20.0. The number of allylic oxidation sites excluding steroid dienone is 2. The van der Waals surface area contributed by atoms with Crippen molar-refractivity contribution >= 4 is 11.8 Å². The number of rotatable bonds is 11. The highest BCUT2D eigenvalue weighted by molar-refractivity contribution is 6.03. The molecule has 5 fully saturated rings. The fourth-order valence-electron chi connectivity index (χ4n) is 11.3. The number of ketones is 1. The SMILES string of the molecule is C=C[C@@]1(O[C@@H](C(C)C)C2CCCCC2)CC2C[C@@H](C/C=C(\C)[C@@H](O[C@H]3C[C@H](OC)[C@@H](O[C@H]4C[C@H](OC)C(O)[C@H](C)O4)[C@H](C)O3)[C@@H](C)/C=C/C=C3\CO[C@@H]4C(=O)C(C)=CC(C(=O)O2)[C@]34O)O1. The number of carbonyl (C=O) groups excluding carboxylic acids is 2. The van der Waals surface area contributed by atoms with E-state index in [0.717, 1.165) is 31.3 Å². The van der Waals surface area contributed by atoms with Crippen LogP contribution in [0.3, 0.4) is 0 Å². The number of esters is 1. The summed E-state index contributed by atoms with van der Waals surface area (Å²) in [6.45, 7) is 18.0.